The zero-order valence-corrected chi connectivity index (χ0v) is 12.5. The minimum atomic E-state index is 0.175. The van der Waals surface area contributed by atoms with Crippen molar-refractivity contribution in [3.05, 3.63) is 45.8 Å². The Bertz CT molecular complexity index is 527. The minimum absolute atomic E-state index is 0.175. The van der Waals surface area contributed by atoms with Crippen LogP contribution in [-0.4, -0.2) is 17.0 Å². The molecule has 0 fully saturated rings. The zero-order chi connectivity index (χ0) is 13.1. The highest BCUT2D eigenvalue weighted by Gasteiger charge is 2.14. The topological polar surface area (TPSA) is 55.0 Å². The van der Waals surface area contributed by atoms with E-state index in [1.807, 2.05) is 42.5 Å². The van der Waals surface area contributed by atoms with Crippen molar-refractivity contribution in [2.45, 2.75) is 13.0 Å². The summed E-state index contributed by atoms with van der Waals surface area (Å²) >= 11 is 2.19. The Labute approximate surface area is 120 Å². The van der Waals surface area contributed by atoms with E-state index in [-0.39, 0.29) is 6.04 Å². The van der Waals surface area contributed by atoms with E-state index in [1.54, 1.807) is 0 Å². The number of anilines is 2. The van der Waals surface area contributed by atoms with Gasteiger partial charge in [0, 0.05) is 28.7 Å². The number of nitrogen functional groups attached to an aromatic ring is 1. The van der Waals surface area contributed by atoms with Gasteiger partial charge in [-0.25, -0.2) is 9.97 Å². The fourth-order valence-corrected chi connectivity index (χ4v) is 1.98. The molecule has 0 bridgehead atoms. The van der Waals surface area contributed by atoms with Crippen molar-refractivity contribution >= 4 is 34.2 Å². The smallest absolute Gasteiger partial charge is 0.225 e. The maximum Gasteiger partial charge on any atom is 0.225 e. The molecule has 1 heterocycles. The first-order valence-electron chi connectivity index (χ1n) is 5.64. The molecule has 0 amide bonds. The number of benzene rings is 1. The molecule has 2 N–H and O–H groups in total. The Morgan fingerprint density at radius 1 is 1.28 bits per heavy atom. The average Bonchev–Trinajstić information content (AvgIpc) is 2.38. The summed E-state index contributed by atoms with van der Waals surface area (Å²) in [7, 11) is 1.98. The van der Waals surface area contributed by atoms with Gasteiger partial charge in [0.1, 0.15) is 0 Å². The van der Waals surface area contributed by atoms with E-state index >= 15 is 0 Å². The fraction of sp³-hybridized carbons (Fsp3) is 0.231. The molecule has 94 valence electrons. The van der Waals surface area contributed by atoms with Gasteiger partial charge in [0.2, 0.25) is 5.95 Å². The van der Waals surface area contributed by atoms with Crippen LogP contribution in [0, 0.1) is 3.57 Å². The van der Waals surface area contributed by atoms with Gasteiger partial charge in [-0.1, -0.05) is 12.1 Å². The Morgan fingerprint density at radius 2 is 1.94 bits per heavy atom. The first kappa shape index (κ1) is 13.1. The molecule has 0 aliphatic carbocycles. The standard InChI is InChI=1S/C13H15IN4/c1-9(10-4-3-5-12(15)6-10)18(2)13-16-7-11(14)8-17-13/h3-9H,15H2,1-2H3. The molecule has 0 saturated heterocycles. The lowest BCUT2D eigenvalue weighted by Crippen LogP contribution is -2.23. The molecule has 0 aliphatic heterocycles. The number of rotatable bonds is 3. The third-order valence-electron chi connectivity index (χ3n) is 2.90. The van der Waals surface area contributed by atoms with Crippen LogP contribution in [-0.2, 0) is 0 Å². The average molecular weight is 354 g/mol. The third-order valence-corrected chi connectivity index (χ3v) is 3.45. The second kappa shape index (κ2) is 5.51. The van der Waals surface area contributed by atoms with Crippen LogP contribution in [0.5, 0.6) is 0 Å². The van der Waals surface area contributed by atoms with Gasteiger partial charge in [-0.2, -0.15) is 0 Å². The van der Waals surface area contributed by atoms with Crippen molar-refractivity contribution < 1.29 is 0 Å². The molecule has 0 aliphatic rings. The first-order valence-corrected chi connectivity index (χ1v) is 6.71. The highest BCUT2D eigenvalue weighted by molar-refractivity contribution is 14.1. The van der Waals surface area contributed by atoms with Crippen molar-refractivity contribution in [2.24, 2.45) is 0 Å². The highest BCUT2D eigenvalue weighted by Crippen LogP contribution is 2.23. The van der Waals surface area contributed by atoms with Gasteiger partial charge in [-0.3, -0.25) is 0 Å². The molecule has 0 radical (unpaired) electrons. The Kier molecular flexibility index (Phi) is 4.00. The number of hydrogen-bond acceptors (Lipinski definition) is 4. The van der Waals surface area contributed by atoms with Crippen molar-refractivity contribution in [3.63, 3.8) is 0 Å². The van der Waals surface area contributed by atoms with Gasteiger partial charge >= 0.3 is 0 Å². The molecule has 1 atom stereocenters. The number of aromatic nitrogens is 2. The number of nitrogens with zero attached hydrogens (tertiary/aromatic N) is 3. The van der Waals surface area contributed by atoms with Crippen LogP contribution in [0.1, 0.15) is 18.5 Å². The lowest BCUT2D eigenvalue weighted by atomic mass is 10.1. The minimum Gasteiger partial charge on any atom is -0.399 e. The van der Waals surface area contributed by atoms with E-state index in [9.17, 15) is 0 Å². The second-order valence-electron chi connectivity index (χ2n) is 4.16. The fourth-order valence-electron chi connectivity index (χ4n) is 1.70. The van der Waals surface area contributed by atoms with E-state index in [1.165, 1.54) is 0 Å². The van der Waals surface area contributed by atoms with E-state index in [2.05, 4.69) is 45.5 Å². The molecule has 5 heteroatoms. The maximum atomic E-state index is 5.80. The predicted molar refractivity (Wildman–Crippen MR) is 82.4 cm³/mol. The van der Waals surface area contributed by atoms with Crippen molar-refractivity contribution in [1.82, 2.24) is 9.97 Å². The van der Waals surface area contributed by atoms with Crippen molar-refractivity contribution in [2.75, 3.05) is 17.7 Å². The number of nitrogens with two attached hydrogens (primary N) is 1. The summed E-state index contributed by atoms with van der Waals surface area (Å²) < 4.78 is 1.03. The molecule has 1 aromatic heterocycles. The molecule has 1 unspecified atom stereocenters. The maximum absolute atomic E-state index is 5.80. The van der Waals surface area contributed by atoms with Crippen LogP contribution >= 0.6 is 22.6 Å². The molecular weight excluding hydrogens is 339 g/mol. The number of hydrogen-bond donors (Lipinski definition) is 1. The second-order valence-corrected chi connectivity index (χ2v) is 5.40. The van der Waals surface area contributed by atoms with Crippen molar-refractivity contribution in [1.29, 1.82) is 0 Å². The van der Waals surface area contributed by atoms with Crippen LogP contribution < -0.4 is 10.6 Å². The van der Waals surface area contributed by atoms with Gasteiger partial charge in [-0.15, -0.1) is 0 Å². The summed E-state index contributed by atoms with van der Waals surface area (Å²) in [6, 6.07) is 8.06. The number of halogens is 1. The molecule has 2 aromatic rings. The predicted octanol–water partition coefficient (Wildman–Crippen LogP) is 2.86. The molecule has 2 rings (SSSR count). The van der Waals surface area contributed by atoms with Crippen LogP contribution in [0.3, 0.4) is 0 Å². The molecule has 0 spiro atoms. The largest absolute Gasteiger partial charge is 0.399 e. The summed E-state index contributed by atoms with van der Waals surface area (Å²) in [5.74, 6) is 0.713. The van der Waals surface area contributed by atoms with E-state index in [4.69, 9.17) is 5.73 Å². The van der Waals surface area contributed by atoms with Crippen LogP contribution in [0.2, 0.25) is 0 Å². The van der Waals surface area contributed by atoms with E-state index in [0.29, 0.717) is 5.95 Å². The van der Waals surface area contributed by atoms with E-state index in [0.717, 1.165) is 14.8 Å². The Morgan fingerprint density at radius 3 is 2.56 bits per heavy atom. The van der Waals surface area contributed by atoms with Gasteiger partial charge in [0.05, 0.1) is 6.04 Å². The van der Waals surface area contributed by atoms with E-state index < -0.39 is 0 Å². The molecule has 1 aromatic carbocycles. The normalized spacial score (nSPS) is 12.2. The quantitative estimate of drug-likeness (QED) is 0.680. The highest BCUT2D eigenvalue weighted by atomic mass is 127. The Hall–Kier alpha value is -1.37. The van der Waals surface area contributed by atoms with Crippen LogP contribution in [0.4, 0.5) is 11.6 Å². The van der Waals surface area contributed by atoms with Crippen LogP contribution in [0.15, 0.2) is 36.7 Å². The summed E-state index contributed by atoms with van der Waals surface area (Å²) in [6.45, 7) is 2.11. The van der Waals surface area contributed by atoms with Gasteiger partial charge in [0.15, 0.2) is 0 Å². The molecule has 0 saturated carbocycles. The molecular formula is C13H15IN4. The summed E-state index contributed by atoms with van der Waals surface area (Å²) in [6.07, 6.45) is 3.62. The van der Waals surface area contributed by atoms with Crippen molar-refractivity contribution in [3.8, 4) is 0 Å². The Balaban J connectivity index is 2.23. The summed E-state index contributed by atoms with van der Waals surface area (Å²) in [5, 5.41) is 0. The first-order chi connectivity index (χ1) is 8.58. The van der Waals surface area contributed by atoms with Gasteiger partial charge < -0.3 is 10.6 Å². The monoisotopic (exact) mass is 354 g/mol. The van der Waals surface area contributed by atoms with Crippen LogP contribution in [0.25, 0.3) is 0 Å². The summed E-state index contributed by atoms with van der Waals surface area (Å²) in [4.78, 5) is 10.7. The molecule has 4 nitrogen and oxygen atoms in total. The lowest BCUT2D eigenvalue weighted by molar-refractivity contribution is 0.715. The van der Waals surface area contributed by atoms with Gasteiger partial charge in [-0.05, 0) is 47.2 Å². The third kappa shape index (κ3) is 2.90. The zero-order valence-electron chi connectivity index (χ0n) is 10.3. The SMILES string of the molecule is CC(c1cccc(N)c1)N(C)c1ncc(I)cn1. The summed E-state index contributed by atoms with van der Waals surface area (Å²) in [5.41, 5.74) is 7.73. The lowest BCUT2D eigenvalue weighted by Gasteiger charge is -2.25. The molecule has 18 heavy (non-hydrogen) atoms. The van der Waals surface area contributed by atoms with Gasteiger partial charge in [0.25, 0.3) is 0 Å².